The topological polar surface area (TPSA) is 176 Å². The third kappa shape index (κ3) is 4.73. The number of nitrogens with zero attached hydrogens (tertiary/aromatic N) is 6. The molecule has 0 spiro atoms. The van der Waals surface area contributed by atoms with Crippen LogP contribution in [0.4, 0.5) is 5.82 Å². The summed E-state index contributed by atoms with van der Waals surface area (Å²) in [6.07, 6.45) is 0. The van der Waals surface area contributed by atoms with Crippen molar-refractivity contribution >= 4 is 17.4 Å². The number of carbonyl (C=O) groups is 1. The lowest BCUT2D eigenvalue weighted by atomic mass is 10.1. The number of benzene rings is 2. The van der Waals surface area contributed by atoms with Crippen LogP contribution in [-0.4, -0.2) is 55.7 Å². The molecular formula is C22H22N8O5. The van der Waals surface area contributed by atoms with E-state index in [4.69, 9.17) is 15.2 Å². The number of nitrogen functional groups attached to an aromatic ring is 1. The van der Waals surface area contributed by atoms with E-state index in [0.29, 0.717) is 34.9 Å². The van der Waals surface area contributed by atoms with Gasteiger partial charge in [-0.25, -0.2) is 10.1 Å². The zero-order valence-electron chi connectivity index (χ0n) is 19.1. The van der Waals surface area contributed by atoms with Crippen LogP contribution in [0.15, 0.2) is 52.2 Å². The van der Waals surface area contributed by atoms with Crippen molar-refractivity contribution in [3.8, 4) is 34.3 Å². The number of carbonyl (C=O) groups excluding carboxylic acids is 1. The monoisotopic (exact) mass is 478 g/mol. The Morgan fingerprint density at radius 2 is 2.00 bits per heavy atom. The largest absolute Gasteiger partial charge is 0.504 e. The number of methoxy groups -OCH3 is 1. The minimum atomic E-state index is -0.625. The van der Waals surface area contributed by atoms with Crippen molar-refractivity contribution < 1.29 is 24.0 Å². The van der Waals surface area contributed by atoms with Gasteiger partial charge in [0, 0.05) is 11.1 Å². The van der Waals surface area contributed by atoms with Gasteiger partial charge < -0.3 is 20.3 Å². The number of phenols is 1. The van der Waals surface area contributed by atoms with Gasteiger partial charge in [-0.2, -0.15) is 9.78 Å². The number of phenolic OH excluding ortho intramolecular Hbond substituents is 1. The Kier molecular flexibility index (Phi) is 6.57. The van der Waals surface area contributed by atoms with Crippen LogP contribution >= 0.6 is 0 Å². The Morgan fingerprint density at radius 1 is 1.23 bits per heavy atom. The standard InChI is InChI=1S/C22H22N8O5/c1-4-34-15-8-5-13(6-9-15)19-18(25-29-30(19)21-20(23)27-35-28-21)22(32)26-24-12(2)14-7-10-16(31)17(11-14)33-3/h5-11,31H,4H2,1-3H3,(H2,23,27)(H,26,32)/b24-12-. The van der Waals surface area contributed by atoms with E-state index in [1.165, 1.54) is 17.9 Å². The lowest BCUT2D eigenvalue weighted by molar-refractivity contribution is 0.0950. The molecule has 0 unspecified atom stereocenters. The number of aromatic hydroxyl groups is 1. The number of rotatable bonds is 8. The molecule has 0 bridgehead atoms. The van der Waals surface area contributed by atoms with E-state index in [1.807, 2.05) is 6.92 Å². The molecule has 180 valence electrons. The van der Waals surface area contributed by atoms with Crippen molar-refractivity contribution in [1.82, 2.24) is 30.7 Å². The van der Waals surface area contributed by atoms with Crippen LogP contribution < -0.4 is 20.6 Å². The van der Waals surface area contributed by atoms with Crippen molar-refractivity contribution in [2.24, 2.45) is 5.10 Å². The molecule has 4 aromatic rings. The normalized spacial score (nSPS) is 11.3. The molecule has 2 aromatic carbocycles. The van der Waals surface area contributed by atoms with E-state index in [0.717, 1.165) is 0 Å². The SMILES string of the molecule is CCOc1ccc(-c2c(C(=O)N/N=C(/C)c3ccc(O)c(OC)c3)nnn2-c2nonc2N)cc1. The highest BCUT2D eigenvalue weighted by atomic mass is 16.6. The first-order chi connectivity index (χ1) is 16.9. The molecule has 0 saturated carbocycles. The summed E-state index contributed by atoms with van der Waals surface area (Å²) in [4.78, 5) is 13.1. The van der Waals surface area contributed by atoms with Gasteiger partial charge >= 0.3 is 0 Å². The van der Waals surface area contributed by atoms with Crippen molar-refractivity contribution in [1.29, 1.82) is 0 Å². The minimum Gasteiger partial charge on any atom is -0.504 e. The minimum absolute atomic E-state index is 0.00804. The van der Waals surface area contributed by atoms with Gasteiger partial charge in [0.25, 0.3) is 5.91 Å². The fourth-order valence-electron chi connectivity index (χ4n) is 3.21. The van der Waals surface area contributed by atoms with E-state index in [1.54, 1.807) is 43.3 Å². The summed E-state index contributed by atoms with van der Waals surface area (Å²) >= 11 is 0. The summed E-state index contributed by atoms with van der Waals surface area (Å²) in [5.41, 5.74) is 10.3. The molecule has 4 rings (SSSR count). The fourth-order valence-corrected chi connectivity index (χ4v) is 3.21. The lowest BCUT2D eigenvalue weighted by Gasteiger charge is -2.08. The number of anilines is 1. The predicted octanol–water partition coefficient (Wildman–Crippen LogP) is 2.17. The van der Waals surface area contributed by atoms with Crippen LogP contribution in [0.3, 0.4) is 0 Å². The molecule has 0 saturated heterocycles. The van der Waals surface area contributed by atoms with Gasteiger partial charge in [-0.15, -0.1) is 5.10 Å². The van der Waals surface area contributed by atoms with Crippen LogP contribution in [0.2, 0.25) is 0 Å². The van der Waals surface area contributed by atoms with Crippen LogP contribution in [0, 0.1) is 0 Å². The van der Waals surface area contributed by atoms with Crippen LogP contribution in [0.25, 0.3) is 17.1 Å². The van der Waals surface area contributed by atoms with Gasteiger partial charge in [0.1, 0.15) is 11.4 Å². The second-order valence-electron chi connectivity index (χ2n) is 7.15. The summed E-state index contributed by atoms with van der Waals surface area (Å²) < 4.78 is 16.6. The van der Waals surface area contributed by atoms with E-state index < -0.39 is 5.91 Å². The van der Waals surface area contributed by atoms with Crippen molar-refractivity contribution in [2.75, 3.05) is 19.5 Å². The fraction of sp³-hybridized carbons (Fsp3) is 0.182. The first kappa shape index (κ1) is 23.2. The Labute approximate surface area is 199 Å². The van der Waals surface area contributed by atoms with Crippen LogP contribution in [0.1, 0.15) is 29.9 Å². The van der Waals surface area contributed by atoms with Gasteiger partial charge in [-0.05, 0) is 66.6 Å². The molecule has 2 aromatic heterocycles. The Bertz CT molecular complexity index is 1380. The smallest absolute Gasteiger partial charge is 0.294 e. The number of amides is 1. The Hall–Kier alpha value is -4.94. The lowest BCUT2D eigenvalue weighted by Crippen LogP contribution is -2.21. The molecule has 35 heavy (non-hydrogen) atoms. The zero-order chi connectivity index (χ0) is 24.9. The maximum absolute atomic E-state index is 13.1. The summed E-state index contributed by atoms with van der Waals surface area (Å²) in [5.74, 6) is 0.364. The highest BCUT2D eigenvalue weighted by molar-refractivity contribution is 6.02. The maximum atomic E-state index is 13.1. The van der Waals surface area contributed by atoms with E-state index >= 15 is 0 Å². The summed E-state index contributed by atoms with van der Waals surface area (Å²) in [7, 11) is 1.44. The van der Waals surface area contributed by atoms with Crippen LogP contribution in [0.5, 0.6) is 17.2 Å². The molecule has 1 amide bonds. The molecule has 13 heteroatoms. The zero-order valence-corrected chi connectivity index (χ0v) is 19.1. The van der Waals surface area contributed by atoms with Crippen molar-refractivity contribution in [3.05, 3.63) is 53.7 Å². The number of nitrogens with two attached hydrogens (primary N) is 1. The van der Waals surface area contributed by atoms with E-state index in [9.17, 15) is 9.90 Å². The third-order valence-electron chi connectivity index (χ3n) is 4.94. The molecule has 0 aliphatic heterocycles. The van der Waals surface area contributed by atoms with Gasteiger partial charge in [0.2, 0.25) is 11.6 Å². The van der Waals surface area contributed by atoms with Gasteiger partial charge in [0.15, 0.2) is 17.2 Å². The Balaban J connectivity index is 1.68. The number of hydrogen-bond donors (Lipinski definition) is 3. The molecule has 0 atom stereocenters. The second-order valence-corrected chi connectivity index (χ2v) is 7.15. The molecule has 0 radical (unpaired) electrons. The number of aromatic nitrogens is 5. The highest BCUT2D eigenvalue weighted by Gasteiger charge is 2.25. The number of hydrazone groups is 1. The summed E-state index contributed by atoms with van der Waals surface area (Å²) in [5, 5.41) is 29.3. The first-order valence-corrected chi connectivity index (χ1v) is 10.4. The predicted molar refractivity (Wildman–Crippen MR) is 125 cm³/mol. The second kappa shape index (κ2) is 9.91. The number of ether oxygens (including phenoxy) is 2. The van der Waals surface area contributed by atoms with E-state index in [2.05, 4.69) is 35.8 Å². The molecule has 13 nitrogen and oxygen atoms in total. The number of hydrogen-bond acceptors (Lipinski definition) is 11. The molecule has 2 heterocycles. The number of nitrogens with one attached hydrogen (secondary N) is 1. The van der Waals surface area contributed by atoms with Crippen LogP contribution in [-0.2, 0) is 0 Å². The maximum Gasteiger partial charge on any atom is 0.294 e. The van der Waals surface area contributed by atoms with Gasteiger partial charge in [-0.3, -0.25) is 4.79 Å². The molecule has 4 N–H and O–H groups in total. The molecular weight excluding hydrogens is 456 g/mol. The summed E-state index contributed by atoms with van der Waals surface area (Å²) in [6, 6.07) is 11.7. The van der Waals surface area contributed by atoms with Crippen molar-refractivity contribution in [2.45, 2.75) is 13.8 Å². The molecule has 0 aliphatic carbocycles. The Morgan fingerprint density at radius 3 is 2.66 bits per heavy atom. The average molecular weight is 478 g/mol. The first-order valence-electron chi connectivity index (χ1n) is 10.4. The highest BCUT2D eigenvalue weighted by Crippen LogP contribution is 2.29. The van der Waals surface area contributed by atoms with Gasteiger partial charge in [-0.1, -0.05) is 5.21 Å². The quantitative estimate of drug-likeness (QED) is 0.251. The third-order valence-corrected chi connectivity index (χ3v) is 4.94. The van der Waals surface area contributed by atoms with Crippen molar-refractivity contribution in [3.63, 3.8) is 0 Å². The summed E-state index contributed by atoms with van der Waals surface area (Å²) in [6.45, 7) is 4.09. The average Bonchev–Trinajstić information content (AvgIpc) is 3.49. The van der Waals surface area contributed by atoms with Gasteiger partial charge in [0.05, 0.1) is 19.4 Å². The molecule has 0 fully saturated rings. The molecule has 0 aliphatic rings. The van der Waals surface area contributed by atoms with E-state index in [-0.39, 0.29) is 28.8 Å².